The number of aromatic nitrogens is 1. The average molecular weight is 235 g/mol. The van der Waals surface area contributed by atoms with E-state index in [9.17, 15) is 4.79 Å². The molecule has 0 aliphatic heterocycles. The molecule has 1 fully saturated rings. The number of nitrogens with one attached hydrogen (secondary N) is 1. The fraction of sp³-hybridized carbons (Fsp3) is 0.500. The SMILES string of the molecule is CCC1(CNc2nccc(C(=O)O)c2N)CC1. The number of hydrogen-bond acceptors (Lipinski definition) is 4. The van der Waals surface area contributed by atoms with E-state index in [1.807, 2.05) is 0 Å². The van der Waals surface area contributed by atoms with Crippen molar-refractivity contribution in [3.63, 3.8) is 0 Å². The lowest BCUT2D eigenvalue weighted by Gasteiger charge is -2.15. The van der Waals surface area contributed by atoms with Gasteiger partial charge in [0.1, 0.15) is 5.82 Å². The summed E-state index contributed by atoms with van der Waals surface area (Å²) >= 11 is 0. The summed E-state index contributed by atoms with van der Waals surface area (Å²) in [5, 5.41) is 12.1. The highest BCUT2D eigenvalue weighted by atomic mass is 16.4. The highest BCUT2D eigenvalue weighted by molar-refractivity contribution is 5.96. The smallest absolute Gasteiger partial charge is 0.337 e. The molecule has 17 heavy (non-hydrogen) atoms. The molecule has 1 aliphatic rings. The van der Waals surface area contributed by atoms with E-state index < -0.39 is 5.97 Å². The van der Waals surface area contributed by atoms with Crippen LogP contribution >= 0.6 is 0 Å². The molecule has 1 heterocycles. The van der Waals surface area contributed by atoms with Crippen LogP contribution in [-0.4, -0.2) is 22.6 Å². The third-order valence-electron chi connectivity index (χ3n) is 3.56. The molecule has 1 aliphatic carbocycles. The van der Waals surface area contributed by atoms with Gasteiger partial charge in [0.25, 0.3) is 0 Å². The molecule has 2 rings (SSSR count). The lowest BCUT2D eigenvalue weighted by Crippen LogP contribution is -2.17. The Morgan fingerprint density at radius 2 is 2.35 bits per heavy atom. The number of nitrogens with two attached hydrogens (primary N) is 1. The second-order valence-corrected chi connectivity index (χ2v) is 4.63. The Bertz CT molecular complexity index is 441. The Hall–Kier alpha value is -1.78. The summed E-state index contributed by atoms with van der Waals surface area (Å²) in [4.78, 5) is 15.0. The van der Waals surface area contributed by atoms with Crippen LogP contribution < -0.4 is 11.1 Å². The predicted octanol–water partition coefficient (Wildman–Crippen LogP) is 1.96. The molecule has 4 N–H and O–H groups in total. The highest BCUT2D eigenvalue weighted by Crippen LogP contribution is 2.48. The third kappa shape index (κ3) is 2.33. The van der Waals surface area contributed by atoms with Gasteiger partial charge < -0.3 is 16.2 Å². The van der Waals surface area contributed by atoms with Crippen molar-refractivity contribution in [2.45, 2.75) is 26.2 Å². The van der Waals surface area contributed by atoms with Crippen LogP contribution in [0.4, 0.5) is 11.5 Å². The standard InChI is InChI=1S/C12H17N3O2/c1-2-12(4-5-12)7-15-10-9(13)8(11(16)17)3-6-14-10/h3,6H,2,4-5,7,13H2,1H3,(H,14,15)(H,16,17). The number of hydrogen-bond donors (Lipinski definition) is 3. The van der Waals surface area contributed by atoms with E-state index in [-0.39, 0.29) is 11.3 Å². The second-order valence-electron chi connectivity index (χ2n) is 4.63. The van der Waals surface area contributed by atoms with Gasteiger partial charge in [-0.3, -0.25) is 0 Å². The topological polar surface area (TPSA) is 88.2 Å². The number of nitrogens with zero attached hydrogens (tertiary/aromatic N) is 1. The third-order valence-corrected chi connectivity index (χ3v) is 3.56. The first kappa shape index (κ1) is 11.7. The number of anilines is 2. The van der Waals surface area contributed by atoms with Crippen molar-refractivity contribution in [1.29, 1.82) is 0 Å². The number of carbonyl (C=O) groups is 1. The van der Waals surface area contributed by atoms with Gasteiger partial charge in [0.15, 0.2) is 0 Å². The lowest BCUT2D eigenvalue weighted by atomic mass is 10.0. The molecule has 1 saturated carbocycles. The molecule has 1 aromatic heterocycles. The molecule has 5 nitrogen and oxygen atoms in total. The second kappa shape index (κ2) is 4.24. The Morgan fingerprint density at radius 3 is 2.88 bits per heavy atom. The summed E-state index contributed by atoms with van der Waals surface area (Å²) in [6, 6.07) is 1.41. The van der Waals surface area contributed by atoms with Gasteiger partial charge in [-0.25, -0.2) is 9.78 Å². The summed E-state index contributed by atoms with van der Waals surface area (Å²) < 4.78 is 0. The molecule has 92 valence electrons. The Morgan fingerprint density at radius 1 is 1.65 bits per heavy atom. The first-order chi connectivity index (χ1) is 8.08. The number of carboxylic acids is 1. The molecule has 0 radical (unpaired) electrons. The maximum absolute atomic E-state index is 10.9. The average Bonchev–Trinajstić information content (AvgIpc) is 3.08. The molecule has 0 amide bonds. The van der Waals surface area contributed by atoms with Crippen molar-refractivity contribution in [3.05, 3.63) is 17.8 Å². The van der Waals surface area contributed by atoms with Gasteiger partial charge in [-0.05, 0) is 30.7 Å². The van der Waals surface area contributed by atoms with Gasteiger partial charge in [-0.2, -0.15) is 0 Å². The minimum atomic E-state index is -1.02. The van der Waals surface area contributed by atoms with Gasteiger partial charge in [0, 0.05) is 12.7 Å². The number of nitrogen functional groups attached to an aromatic ring is 1. The summed E-state index contributed by atoms with van der Waals surface area (Å²) in [6.45, 7) is 2.98. The number of pyridine rings is 1. The largest absolute Gasteiger partial charge is 0.478 e. The van der Waals surface area contributed by atoms with Crippen molar-refractivity contribution < 1.29 is 9.90 Å². The van der Waals surface area contributed by atoms with Crippen LogP contribution in [0.25, 0.3) is 0 Å². The Kier molecular flexibility index (Phi) is 2.92. The Labute approximate surface area is 100 Å². The zero-order chi connectivity index (χ0) is 12.5. The number of rotatable bonds is 5. The zero-order valence-corrected chi connectivity index (χ0v) is 9.86. The van der Waals surface area contributed by atoms with Gasteiger partial charge in [0.2, 0.25) is 0 Å². The van der Waals surface area contributed by atoms with E-state index in [4.69, 9.17) is 10.8 Å². The van der Waals surface area contributed by atoms with Crippen molar-refractivity contribution in [1.82, 2.24) is 4.98 Å². The quantitative estimate of drug-likeness (QED) is 0.726. The molecule has 0 unspecified atom stereocenters. The maximum Gasteiger partial charge on any atom is 0.337 e. The molecule has 0 saturated heterocycles. The van der Waals surface area contributed by atoms with E-state index in [2.05, 4.69) is 17.2 Å². The normalized spacial score (nSPS) is 16.5. The van der Waals surface area contributed by atoms with Crippen LogP contribution in [0.5, 0.6) is 0 Å². The van der Waals surface area contributed by atoms with Crippen LogP contribution in [0.2, 0.25) is 0 Å². The highest BCUT2D eigenvalue weighted by Gasteiger charge is 2.40. The van der Waals surface area contributed by atoms with E-state index in [0.29, 0.717) is 11.2 Å². The summed E-state index contributed by atoms with van der Waals surface area (Å²) in [6.07, 6.45) is 5.02. The summed E-state index contributed by atoms with van der Waals surface area (Å²) in [5.74, 6) is -0.547. The zero-order valence-electron chi connectivity index (χ0n) is 9.86. The first-order valence-electron chi connectivity index (χ1n) is 5.80. The van der Waals surface area contributed by atoms with Crippen LogP contribution in [0.1, 0.15) is 36.5 Å². The molecule has 0 bridgehead atoms. The van der Waals surface area contributed by atoms with Crippen LogP contribution in [0.3, 0.4) is 0 Å². The van der Waals surface area contributed by atoms with E-state index in [1.165, 1.54) is 25.1 Å². The molecule has 0 aromatic carbocycles. The van der Waals surface area contributed by atoms with Crippen molar-refractivity contribution in [2.75, 3.05) is 17.6 Å². The molecule has 1 aromatic rings. The Balaban J connectivity index is 2.11. The maximum atomic E-state index is 10.9. The van der Waals surface area contributed by atoms with Gasteiger partial charge in [-0.1, -0.05) is 6.92 Å². The summed E-state index contributed by atoms with van der Waals surface area (Å²) in [7, 11) is 0. The minimum Gasteiger partial charge on any atom is -0.478 e. The van der Waals surface area contributed by atoms with Crippen LogP contribution in [0.15, 0.2) is 12.3 Å². The summed E-state index contributed by atoms with van der Waals surface area (Å²) in [5.41, 5.74) is 6.45. The number of aromatic carboxylic acids is 1. The fourth-order valence-corrected chi connectivity index (χ4v) is 1.90. The van der Waals surface area contributed by atoms with E-state index >= 15 is 0 Å². The number of carboxylic acid groups (broad SMARTS) is 1. The van der Waals surface area contributed by atoms with Crippen molar-refractivity contribution in [2.24, 2.45) is 5.41 Å². The van der Waals surface area contributed by atoms with E-state index in [0.717, 1.165) is 13.0 Å². The van der Waals surface area contributed by atoms with Crippen LogP contribution in [-0.2, 0) is 0 Å². The molecular formula is C12H17N3O2. The molecule has 0 atom stereocenters. The van der Waals surface area contributed by atoms with Gasteiger partial charge in [0.05, 0.1) is 11.3 Å². The first-order valence-corrected chi connectivity index (χ1v) is 5.80. The van der Waals surface area contributed by atoms with Crippen molar-refractivity contribution in [3.8, 4) is 0 Å². The predicted molar refractivity (Wildman–Crippen MR) is 66.1 cm³/mol. The molecular weight excluding hydrogens is 218 g/mol. The lowest BCUT2D eigenvalue weighted by molar-refractivity contribution is 0.0698. The molecule has 0 spiro atoms. The van der Waals surface area contributed by atoms with Gasteiger partial charge >= 0.3 is 5.97 Å². The monoisotopic (exact) mass is 235 g/mol. The molecule has 5 heteroatoms. The van der Waals surface area contributed by atoms with Crippen LogP contribution in [0, 0.1) is 5.41 Å². The van der Waals surface area contributed by atoms with Gasteiger partial charge in [-0.15, -0.1) is 0 Å². The fourth-order valence-electron chi connectivity index (χ4n) is 1.90. The minimum absolute atomic E-state index is 0.101. The van der Waals surface area contributed by atoms with Crippen molar-refractivity contribution >= 4 is 17.5 Å². The van der Waals surface area contributed by atoms with E-state index in [1.54, 1.807) is 0 Å².